The highest BCUT2D eigenvalue weighted by molar-refractivity contribution is 6.30. The number of nitrogens with zero attached hydrogens (tertiary/aromatic N) is 4. The summed E-state index contributed by atoms with van der Waals surface area (Å²) in [6.07, 6.45) is 3.67. The summed E-state index contributed by atoms with van der Waals surface area (Å²) < 4.78 is 0. The fourth-order valence-electron chi connectivity index (χ4n) is 4.52. The zero-order chi connectivity index (χ0) is 22.1. The molecule has 1 unspecified atom stereocenters. The molecule has 172 valence electrons. The fraction of sp³-hybridized carbons (Fsp3) is 0.652. The van der Waals surface area contributed by atoms with Gasteiger partial charge in [0.2, 0.25) is 5.91 Å². The summed E-state index contributed by atoms with van der Waals surface area (Å²) in [7, 11) is 0. The number of hydrogen-bond acceptors (Lipinski definition) is 4. The topological polar surface area (TPSA) is 77.2 Å². The smallest absolute Gasteiger partial charge is 0.217 e. The average molecular weight is 449 g/mol. The Balaban J connectivity index is 1.42. The first-order chi connectivity index (χ1) is 15.0. The highest BCUT2D eigenvalue weighted by Gasteiger charge is 2.23. The monoisotopic (exact) mass is 448 g/mol. The first-order valence-corrected chi connectivity index (χ1v) is 12.0. The molecule has 0 aromatic heterocycles. The number of anilines is 1. The van der Waals surface area contributed by atoms with Crippen LogP contribution in [0.5, 0.6) is 0 Å². The molecule has 8 heteroatoms. The van der Waals surface area contributed by atoms with Gasteiger partial charge in [-0.15, -0.1) is 0 Å². The van der Waals surface area contributed by atoms with Crippen LogP contribution in [0.15, 0.2) is 29.3 Å². The van der Waals surface area contributed by atoms with Crippen LogP contribution in [0.4, 0.5) is 5.69 Å². The van der Waals surface area contributed by atoms with Gasteiger partial charge in [0.15, 0.2) is 5.96 Å². The normalized spacial score (nSPS) is 20.7. The molecule has 2 heterocycles. The van der Waals surface area contributed by atoms with Crippen molar-refractivity contribution < 1.29 is 4.79 Å². The predicted octanol–water partition coefficient (Wildman–Crippen LogP) is 2.41. The minimum atomic E-state index is -0.204. The Kier molecular flexibility index (Phi) is 9.28. The van der Waals surface area contributed by atoms with Gasteiger partial charge >= 0.3 is 0 Å². The van der Waals surface area contributed by atoms with Gasteiger partial charge in [-0.3, -0.25) is 14.7 Å². The van der Waals surface area contributed by atoms with E-state index in [0.717, 1.165) is 89.1 Å². The molecule has 0 aliphatic carbocycles. The Morgan fingerprint density at radius 2 is 2.06 bits per heavy atom. The van der Waals surface area contributed by atoms with Crippen molar-refractivity contribution in [2.24, 2.45) is 16.6 Å². The predicted molar refractivity (Wildman–Crippen MR) is 129 cm³/mol. The Morgan fingerprint density at radius 1 is 1.26 bits per heavy atom. The number of guanidine groups is 1. The number of rotatable bonds is 8. The van der Waals surface area contributed by atoms with Crippen molar-refractivity contribution in [2.75, 3.05) is 63.8 Å². The molecular weight excluding hydrogens is 412 g/mol. The number of carbonyl (C=O) groups is 1. The maximum Gasteiger partial charge on any atom is 0.217 e. The van der Waals surface area contributed by atoms with Crippen LogP contribution < -0.4 is 16.0 Å². The van der Waals surface area contributed by atoms with Crippen molar-refractivity contribution in [3.05, 3.63) is 29.3 Å². The van der Waals surface area contributed by atoms with Crippen LogP contribution in [0.2, 0.25) is 5.02 Å². The van der Waals surface area contributed by atoms with Gasteiger partial charge in [0.05, 0.1) is 0 Å². The summed E-state index contributed by atoms with van der Waals surface area (Å²) in [5, 5.41) is 4.22. The SMILES string of the molecule is CCNC(=NCCCN1CCN(c2cccc(Cl)c2)CC1)N1CCCC(CC(N)=O)C1. The number of aliphatic imine (C=N–C) groups is 1. The lowest BCUT2D eigenvalue weighted by Crippen LogP contribution is -2.47. The lowest BCUT2D eigenvalue weighted by Gasteiger charge is -2.36. The Morgan fingerprint density at radius 3 is 2.77 bits per heavy atom. The second kappa shape index (κ2) is 12.2. The standard InChI is InChI=1S/C23H37ClN6O/c1-2-26-23(30-11-4-6-19(18-30)16-22(25)31)27-9-5-10-28-12-14-29(15-13-28)21-8-3-7-20(24)17-21/h3,7-8,17,19H,2,4-6,9-16,18H2,1H3,(H2,25,31)(H,26,27). The van der Waals surface area contributed by atoms with Gasteiger partial charge in [-0.2, -0.15) is 0 Å². The maximum atomic E-state index is 11.3. The number of piperidine rings is 1. The van der Waals surface area contributed by atoms with E-state index in [1.807, 2.05) is 18.2 Å². The number of nitrogens with two attached hydrogens (primary N) is 1. The van der Waals surface area contributed by atoms with E-state index in [-0.39, 0.29) is 5.91 Å². The molecule has 0 saturated carbocycles. The summed E-state index contributed by atoms with van der Waals surface area (Å²) in [6, 6.07) is 8.11. The lowest BCUT2D eigenvalue weighted by atomic mass is 9.95. The summed E-state index contributed by atoms with van der Waals surface area (Å²) in [6.45, 7) is 10.9. The summed E-state index contributed by atoms with van der Waals surface area (Å²) in [5.41, 5.74) is 6.62. The van der Waals surface area contributed by atoms with Gasteiger partial charge < -0.3 is 20.9 Å². The van der Waals surface area contributed by atoms with E-state index in [9.17, 15) is 4.79 Å². The maximum absolute atomic E-state index is 11.3. The van der Waals surface area contributed by atoms with E-state index in [0.29, 0.717) is 12.3 Å². The average Bonchev–Trinajstić information content (AvgIpc) is 2.76. The summed E-state index contributed by atoms with van der Waals surface area (Å²) in [5.74, 6) is 1.11. The van der Waals surface area contributed by atoms with Crippen molar-refractivity contribution in [1.82, 2.24) is 15.1 Å². The van der Waals surface area contributed by atoms with Crippen LogP contribution >= 0.6 is 11.6 Å². The molecule has 2 aliphatic heterocycles. The van der Waals surface area contributed by atoms with E-state index in [1.165, 1.54) is 5.69 Å². The second-order valence-corrected chi connectivity index (χ2v) is 8.96. The zero-order valence-corrected chi connectivity index (χ0v) is 19.5. The second-order valence-electron chi connectivity index (χ2n) is 8.52. The molecule has 3 N–H and O–H groups in total. The molecule has 0 bridgehead atoms. The van der Waals surface area contributed by atoms with Crippen molar-refractivity contribution in [3.63, 3.8) is 0 Å². The van der Waals surface area contributed by atoms with E-state index >= 15 is 0 Å². The van der Waals surface area contributed by atoms with Gasteiger partial charge in [0, 0.05) is 76.0 Å². The van der Waals surface area contributed by atoms with Crippen LogP contribution in [0.25, 0.3) is 0 Å². The third-order valence-corrected chi connectivity index (χ3v) is 6.32. The highest BCUT2D eigenvalue weighted by Crippen LogP contribution is 2.21. The van der Waals surface area contributed by atoms with Gasteiger partial charge in [-0.25, -0.2) is 0 Å². The number of carbonyl (C=O) groups excluding carboxylic acids is 1. The van der Waals surface area contributed by atoms with Crippen LogP contribution in [0, 0.1) is 5.92 Å². The Bertz CT molecular complexity index is 735. The molecule has 1 amide bonds. The molecule has 2 fully saturated rings. The van der Waals surface area contributed by atoms with E-state index < -0.39 is 0 Å². The van der Waals surface area contributed by atoms with Gasteiger partial charge in [0.1, 0.15) is 0 Å². The number of benzene rings is 1. The molecule has 1 aromatic carbocycles. The number of amides is 1. The van der Waals surface area contributed by atoms with Crippen molar-refractivity contribution in [3.8, 4) is 0 Å². The molecule has 0 radical (unpaired) electrons. The van der Waals surface area contributed by atoms with Gasteiger partial charge in [0.25, 0.3) is 0 Å². The fourth-order valence-corrected chi connectivity index (χ4v) is 4.70. The molecule has 3 rings (SSSR count). The van der Waals surface area contributed by atoms with Crippen molar-refractivity contribution in [1.29, 1.82) is 0 Å². The summed E-state index contributed by atoms with van der Waals surface area (Å²) in [4.78, 5) is 23.4. The first kappa shape index (κ1) is 23.7. The number of nitrogens with one attached hydrogen (secondary N) is 1. The zero-order valence-electron chi connectivity index (χ0n) is 18.7. The Labute approximate surface area is 191 Å². The number of likely N-dealkylation sites (tertiary alicyclic amines) is 1. The van der Waals surface area contributed by atoms with Crippen molar-refractivity contribution >= 4 is 29.2 Å². The largest absolute Gasteiger partial charge is 0.370 e. The molecule has 1 aromatic rings. The van der Waals surface area contributed by atoms with E-state index in [2.05, 4.69) is 33.0 Å². The van der Waals surface area contributed by atoms with Gasteiger partial charge in [-0.1, -0.05) is 17.7 Å². The van der Waals surface area contributed by atoms with Crippen LogP contribution in [0.1, 0.15) is 32.6 Å². The third-order valence-electron chi connectivity index (χ3n) is 6.08. The van der Waals surface area contributed by atoms with Crippen LogP contribution in [0.3, 0.4) is 0 Å². The van der Waals surface area contributed by atoms with Crippen LogP contribution in [-0.2, 0) is 4.79 Å². The quantitative estimate of drug-likeness (QED) is 0.363. The van der Waals surface area contributed by atoms with E-state index in [1.54, 1.807) is 0 Å². The number of piperazine rings is 1. The van der Waals surface area contributed by atoms with Gasteiger partial charge in [-0.05, 0) is 50.3 Å². The molecule has 7 nitrogen and oxygen atoms in total. The third kappa shape index (κ3) is 7.58. The summed E-state index contributed by atoms with van der Waals surface area (Å²) >= 11 is 6.13. The lowest BCUT2D eigenvalue weighted by molar-refractivity contribution is -0.119. The molecule has 2 aliphatic rings. The molecule has 31 heavy (non-hydrogen) atoms. The minimum absolute atomic E-state index is 0.204. The minimum Gasteiger partial charge on any atom is -0.370 e. The number of primary amides is 1. The highest BCUT2D eigenvalue weighted by atomic mass is 35.5. The number of hydrogen-bond donors (Lipinski definition) is 2. The van der Waals surface area contributed by atoms with E-state index in [4.69, 9.17) is 22.3 Å². The first-order valence-electron chi connectivity index (χ1n) is 11.6. The Hall–Kier alpha value is -1.99. The van der Waals surface area contributed by atoms with Crippen LogP contribution in [-0.4, -0.2) is 80.6 Å². The molecule has 1 atom stereocenters. The molecular formula is C23H37ClN6O. The molecule has 2 saturated heterocycles. The van der Waals surface area contributed by atoms with Crippen molar-refractivity contribution in [2.45, 2.75) is 32.6 Å². The molecule has 0 spiro atoms. The number of halogens is 1.